The van der Waals surface area contributed by atoms with Crippen LogP contribution in [-0.2, 0) is 0 Å². The maximum atomic E-state index is 10.8. The topological polar surface area (TPSA) is 43.1 Å². The third-order valence-corrected chi connectivity index (χ3v) is 2.54. The van der Waals surface area contributed by atoms with Crippen LogP contribution in [-0.4, -0.2) is 22.8 Å². The van der Waals surface area contributed by atoms with E-state index in [0.29, 0.717) is 5.56 Å². The monoisotopic (exact) mass is 273 g/mol. The Morgan fingerprint density at radius 1 is 1.55 bits per heavy atom. The van der Waals surface area contributed by atoms with E-state index in [9.17, 15) is 4.79 Å². The van der Waals surface area contributed by atoms with E-state index in [1.165, 1.54) is 0 Å². The summed E-state index contributed by atoms with van der Waals surface area (Å²) in [4.78, 5) is 10.8. The van der Waals surface area contributed by atoms with Crippen LogP contribution in [0, 0.1) is 0 Å². The Morgan fingerprint density at radius 2 is 2.18 bits per heavy atom. The fraction of sp³-hybridized carbons (Fsp3) is 0. The maximum absolute atomic E-state index is 10.8. The van der Waals surface area contributed by atoms with Crippen molar-refractivity contribution in [1.82, 2.24) is 0 Å². The van der Waals surface area contributed by atoms with Crippen molar-refractivity contribution < 1.29 is 4.79 Å². The van der Waals surface area contributed by atoms with E-state index in [-0.39, 0.29) is 0 Å². The Balaban J connectivity index is 3.23. The number of hydrogen-bond acceptors (Lipinski definition) is 1. The molecule has 0 aliphatic carbocycles. The van der Waals surface area contributed by atoms with Crippen molar-refractivity contribution in [2.45, 2.75) is 0 Å². The number of halogens is 1. The molecule has 0 heterocycles. The predicted octanol–water partition coefficient (Wildman–Crippen LogP) is 0.342. The Kier molecular flexibility index (Phi) is 2.74. The van der Waals surface area contributed by atoms with Crippen molar-refractivity contribution in [3.05, 3.63) is 28.2 Å². The minimum atomic E-state index is -0.401. The second-order valence-corrected chi connectivity index (χ2v) is 3.95. The van der Waals surface area contributed by atoms with Gasteiger partial charge < -0.3 is 0 Å². The Hall–Kier alpha value is -0.272. The van der Waals surface area contributed by atoms with Gasteiger partial charge in [0.25, 0.3) is 0 Å². The fourth-order valence-corrected chi connectivity index (χ4v) is 1.59. The zero-order valence-electron chi connectivity index (χ0n) is 5.54. The molecule has 1 amide bonds. The van der Waals surface area contributed by atoms with E-state index in [0.717, 1.165) is 8.82 Å². The van der Waals surface area contributed by atoms with Gasteiger partial charge in [-0.1, -0.05) is 0 Å². The van der Waals surface area contributed by atoms with Crippen molar-refractivity contribution in [2.24, 2.45) is 5.73 Å². The normalized spacial score (nSPS) is 9.64. The molecule has 56 valence electrons. The number of primary amides is 1. The second-order valence-electron chi connectivity index (χ2n) is 2.03. The standard InChI is InChI=1S/C7H5AsBrNO/c8-6-2-1-4(9)3-5(6)7(10)11/h1-3H,(H2,10,11). The molecular formula is C7H5AsBrNO. The van der Waals surface area contributed by atoms with Crippen LogP contribution in [0.1, 0.15) is 10.4 Å². The SMILES string of the molecule is NC(=O)c1cc(Br)ccc1[As]. The van der Waals surface area contributed by atoms with E-state index >= 15 is 0 Å². The van der Waals surface area contributed by atoms with Crippen LogP contribution in [0.25, 0.3) is 0 Å². The summed E-state index contributed by atoms with van der Waals surface area (Å²) < 4.78 is 1.70. The minimum absolute atomic E-state index is 0.401. The molecule has 1 rings (SSSR count). The summed E-state index contributed by atoms with van der Waals surface area (Å²) in [5, 5.41) is 0. The average Bonchev–Trinajstić information content (AvgIpc) is 1.94. The number of carbonyl (C=O) groups excluding carboxylic acids is 1. The zero-order valence-corrected chi connectivity index (χ0v) is 9.01. The van der Waals surface area contributed by atoms with Gasteiger partial charge in [0.05, 0.1) is 0 Å². The van der Waals surface area contributed by atoms with Crippen molar-refractivity contribution >= 4 is 43.0 Å². The fourth-order valence-electron chi connectivity index (χ4n) is 0.706. The summed E-state index contributed by atoms with van der Waals surface area (Å²) in [5.74, 6) is -0.401. The molecule has 2 N–H and O–H groups in total. The molecule has 0 aliphatic heterocycles. The van der Waals surface area contributed by atoms with Crippen LogP contribution in [0.2, 0.25) is 0 Å². The molecule has 1 aromatic carbocycles. The summed E-state index contributed by atoms with van der Waals surface area (Å²) >= 11 is 5.56. The van der Waals surface area contributed by atoms with Gasteiger partial charge in [0.2, 0.25) is 0 Å². The van der Waals surface area contributed by atoms with E-state index < -0.39 is 5.91 Å². The number of hydrogen-bond donors (Lipinski definition) is 1. The molecule has 0 atom stereocenters. The zero-order chi connectivity index (χ0) is 8.43. The molecule has 0 aromatic heterocycles. The van der Waals surface area contributed by atoms with Crippen LogP contribution in [0.4, 0.5) is 0 Å². The molecule has 0 unspecified atom stereocenters. The van der Waals surface area contributed by atoms with Crippen molar-refractivity contribution in [3.8, 4) is 0 Å². The first kappa shape index (κ1) is 8.82. The van der Waals surface area contributed by atoms with E-state index in [1.54, 1.807) is 6.07 Å². The van der Waals surface area contributed by atoms with Crippen LogP contribution in [0.15, 0.2) is 22.7 Å². The van der Waals surface area contributed by atoms with Gasteiger partial charge in [-0.2, -0.15) is 0 Å². The van der Waals surface area contributed by atoms with Crippen molar-refractivity contribution in [3.63, 3.8) is 0 Å². The molecular weight excluding hydrogens is 269 g/mol. The third kappa shape index (κ3) is 2.08. The molecule has 4 heteroatoms. The summed E-state index contributed by atoms with van der Waals surface area (Å²) in [6.07, 6.45) is 0. The van der Waals surface area contributed by atoms with Gasteiger partial charge in [-0.3, -0.25) is 0 Å². The Bertz CT molecular complexity index is 300. The summed E-state index contributed by atoms with van der Waals surface area (Å²) in [7, 11) is 0. The molecule has 11 heavy (non-hydrogen) atoms. The summed E-state index contributed by atoms with van der Waals surface area (Å²) in [5.41, 5.74) is 5.65. The van der Waals surface area contributed by atoms with Crippen LogP contribution >= 0.6 is 15.9 Å². The second kappa shape index (κ2) is 3.42. The molecule has 1 aromatic rings. The van der Waals surface area contributed by atoms with Gasteiger partial charge in [-0.15, -0.1) is 0 Å². The third-order valence-electron chi connectivity index (χ3n) is 1.22. The summed E-state index contributed by atoms with van der Waals surface area (Å²) in [6, 6.07) is 5.39. The van der Waals surface area contributed by atoms with Crippen molar-refractivity contribution in [1.29, 1.82) is 0 Å². The van der Waals surface area contributed by atoms with Crippen LogP contribution in [0.5, 0.6) is 0 Å². The van der Waals surface area contributed by atoms with Crippen LogP contribution in [0.3, 0.4) is 0 Å². The van der Waals surface area contributed by atoms with E-state index in [2.05, 4.69) is 32.8 Å². The molecule has 2 nitrogen and oxygen atoms in total. The molecule has 0 fully saturated rings. The summed E-state index contributed by atoms with van der Waals surface area (Å²) in [6.45, 7) is 0. The van der Waals surface area contributed by atoms with Gasteiger partial charge in [0.1, 0.15) is 0 Å². The Labute approximate surface area is 81.8 Å². The quantitative estimate of drug-likeness (QED) is 0.737. The molecule has 0 saturated carbocycles. The van der Waals surface area contributed by atoms with Crippen LogP contribution < -0.4 is 10.1 Å². The average molecular weight is 274 g/mol. The Morgan fingerprint density at radius 3 is 2.64 bits per heavy atom. The number of benzene rings is 1. The van der Waals surface area contributed by atoms with Gasteiger partial charge in [0.15, 0.2) is 0 Å². The predicted molar refractivity (Wildman–Crippen MR) is 48.0 cm³/mol. The van der Waals surface area contributed by atoms with E-state index in [4.69, 9.17) is 5.73 Å². The van der Waals surface area contributed by atoms with E-state index in [1.807, 2.05) is 12.1 Å². The molecule has 2 radical (unpaired) electrons. The van der Waals surface area contributed by atoms with Gasteiger partial charge in [-0.05, 0) is 0 Å². The van der Waals surface area contributed by atoms with Crippen molar-refractivity contribution in [2.75, 3.05) is 0 Å². The molecule has 0 aliphatic rings. The molecule has 0 spiro atoms. The first-order valence-corrected chi connectivity index (χ1v) is 4.62. The number of amides is 1. The number of rotatable bonds is 1. The van der Waals surface area contributed by atoms with Gasteiger partial charge in [0, 0.05) is 0 Å². The van der Waals surface area contributed by atoms with Gasteiger partial charge >= 0.3 is 81.8 Å². The van der Waals surface area contributed by atoms with Gasteiger partial charge in [-0.25, -0.2) is 0 Å². The number of nitrogens with two attached hydrogens (primary N) is 1. The molecule has 0 bridgehead atoms. The number of carbonyl (C=O) groups is 1. The first-order chi connectivity index (χ1) is 5.11. The first-order valence-electron chi connectivity index (χ1n) is 2.89. The molecule has 0 saturated heterocycles.